The number of carbonyl (C=O) groups is 1. The van der Waals surface area contributed by atoms with Crippen molar-refractivity contribution >= 4 is 17.3 Å². The molecule has 5 heteroatoms. The molecule has 0 heterocycles. The SMILES string of the molecule is CCCOc1cc(N(C)CC(=O)NC(C)C)ccc1N. The molecule has 1 aromatic rings. The van der Waals surface area contributed by atoms with Gasteiger partial charge in [0.15, 0.2) is 0 Å². The quantitative estimate of drug-likeness (QED) is 0.749. The zero-order valence-electron chi connectivity index (χ0n) is 12.8. The molecule has 1 rings (SSSR count). The van der Waals surface area contributed by atoms with Crippen molar-refractivity contribution in [2.24, 2.45) is 0 Å². The Labute approximate surface area is 121 Å². The summed E-state index contributed by atoms with van der Waals surface area (Å²) in [6, 6.07) is 5.70. The maximum absolute atomic E-state index is 11.8. The van der Waals surface area contributed by atoms with Crippen molar-refractivity contribution in [3.05, 3.63) is 18.2 Å². The van der Waals surface area contributed by atoms with Crippen LogP contribution >= 0.6 is 0 Å². The molecule has 0 unspecified atom stereocenters. The minimum Gasteiger partial charge on any atom is -0.491 e. The lowest BCUT2D eigenvalue weighted by molar-refractivity contribution is -0.120. The van der Waals surface area contributed by atoms with E-state index >= 15 is 0 Å². The molecule has 0 saturated heterocycles. The fourth-order valence-corrected chi connectivity index (χ4v) is 1.77. The summed E-state index contributed by atoms with van der Waals surface area (Å²) in [6.45, 7) is 6.86. The highest BCUT2D eigenvalue weighted by Gasteiger charge is 2.10. The predicted octanol–water partition coefficient (Wildman–Crippen LogP) is 2.02. The van der Waals surface area contributed by atoms with Crippen molar-refractivity contribution in [2.75, 3.05) is 30.8 Å². The monoisotopic (exact) mass is 279 g/mol. The van der Waals surface area contributed by atoms with Gasteiger partial charge in [0, 0.05) is 24.8 Å². The summed E-state index contributed by atoms with van der Waals surface area (Å²) in [6.07, 6.45) is 0.927. The molecule has 0 spiro atoms. The lowest BCUT2D eigenvalue weighted by Gasteiger charge is -2.21. The van der Waals surface area contributed by atoms with Crippen molar-refractivity contribution in [1.82, 2.24) is 5.32 Å². The van der Waals surface area contributed by atoms with Crippen LogP contribution < -0.4 is 20.7 Å². The van der Waals surface area contributed by atoms with Gasteiger partial charge in [-0.15, -0.1) is 0 Å². The number of anilines is 2. The van der Waals surface area contributed by atoms with Crippen molar-refractivity contribution in [1.29, 1.82) is 0 Å². The maximum Gasteiger partial charge on any atom is 0.239 e. The first-order valence-electron chi connectivity index (χ1n) is 6.96. The highest BCUT2D eigenvalue weighted by Crippen LogP contribution is 2.27. The van der Waals surface area contributed by atoms with Crippen molar-refractivity contribution in [3.63, 3.8) is 0 Å². The highest BCUT2D eigenvalue weighted by molar-refractivity contribution is 5.81. The van der Waals surface area contributed by atoms with Gasteiger partial charge in [0.1, 0.15) is 5.75 Å². The van der Waals surface area contributed by atoms with Gasteiger partial charge in [-0.05, 0) is 32.4 Å². The Bertz CT molecular complexity index is 447. The van der Waals surface area contributed by atoms with Crippen LogP contribution in [0, 0.1) is 0 Å². The molecule has 0 aromatic heterocycles. The number of nitrogen functional groups attached to an aromatic ring is 1. The Hall–Kier alpha value is -1.91. The van der Waals surface area contributed by atoms with Gasteiger partial charge in [-0.1, -0.05) is 6.92 Å². The number of hydrogen-bond donors (Lipinski definition) is 2. The Morgan fingerprint density at radius 3 is 2.75 bits per heavy atom. The van der Waals surface area contributed by atoms with Crippen molar-refractivity contribution in [2.45, 2.75) is 33.2 Å². The molecule has 0 fully saturated rings. The Morgan fingerprint density at radius 2 is 2.15 bits per heavy atom. The molecule has 0 atom stereocenters. The van der Waals surface area contributed by atoms with Crippen LogP contribution in [0.25, 0.3) is 0 Å². The van der Waals surface area contributed by atoms with Gasteiger partial charge in [-0.2, -0.15) is 0 Å². The van der Waals surface area contributed by atoms with Crippen LogP contribution in [0.2, 0.25) is 0 Å². The molecule has 112 valence electrons. The molecule has 5 nitrogen and oxygen atoms in total. The number of benzene rings is 1. The zero-order valence-corrected chi connectivity index (χ0v) is 12.8. The van der Waals surface area contributed by atoms with Gasteiger partial charge in [-0.3, -0.25) is 4.79 Å². The van der Waals surface area contributed by atoms with Gasteiger partial charge in [0.25, 0.3) is 0 Å². The third kappa shape index (κ3) is 4.99. The topological polar surface area (TPSA) is 67.6 Å². The van der Waals surface area contributed by atoms with Crippen LogP contribution in [0.4, 0.5) is 11.4 Å². The van der Waals surface area contributed by atoms with Crippen LogP contribution in [-0.4, -0.2) is 32.1 Å². The summed E-state index contributed by atoms with van der Waals surface area (Å²) < 4.78 is 5.59. The van der Waals surface area contributed by atoms with E-state index in [2.05, 4.69) is 5.32 Å². The van der Waals surface area contributed by atoms with Crippen LogP contribution in [0.5, 0.6) is 5.75 Å². The third-order valence-electron chi connectivity index (χ3n) is 2.73. The number of nitrogens with zero attached hydrogens (tertiary/aromatic N) is 1. The number of amides is 1. The van der Waals surface area contributed by atoms with E-state index in [1.54, 1.807) is 6.07 Å². The lowest BCUT2D eigenvalue weighted by Crippen LogP contribution is -2.38. The van der Waals surface area contributed by atoms with Gasteiger partial charge < -0.3 is 20.7 Å². The van der Waals surface area contributed by atoms with Crippen LogP contribution in [0.1, 0.15) is 27.2 Å². The van der Waals surface area contributed by atoms with Gasteiger partial charge in [-0.25, -0.2) is 0 Å². The molecule has 0 aliphatic carbocycles. The molecule has 0 saturated carbocycles. The fraction of sp³-hybridized carbons (Fsp3) is 0.533. The molecule has 0 bridgehead atoms. The molecule has 0 aliphatic rings. The summed E-state index contributed by atoms with van der Waals surface area (Å²) in [5.41, 5.74) is 7.39. The average Bonchev–Trinajstić information content (AvgIpc) is 2.36. The van der Waals surface area contributed by atoms with Gasteiger partial charge in [0.2, 0.25) is 5.91 Å². The fourth-order valence-electron chi connectivity index (χ4n) is 1.77. The lowest BCUT2D eigenvalue weighted by atomic mass is 10.2. The number of hydrogen-bond acceptors (Lipinski definition) is 4. The first kappa shape index (κ1) is 16.1. The summed E-state index contributed by atoms with van der Waals surface area (Å²) in [5, 5.41) is 2.87. The molecular formula is C15H25N3O2. The van der Waals surface area contributed by atoms with Crippen molar-refractivity contribution in [3.8, 4) is 5.75 Å². The van der Waals surface area contributed by atoms with Gasteiger partial charge in [0.05, 0.1) is 18.8 Å². The predicted molar refractivity (Wildman–Crippen MR) is 83.2 cm³/mol. The number of nitrogens with one attached hydrogen (secondary N) is 1. The minimum absolute atomic E-state index is 0.00430. The van der Waals surface area contributed by atoms with E-state index in [1.807, 2.05) is 44.9 Å². The molecule has 20 heavy (non-hydrogen) atoms. The summed E-state index contributed by atoms with van der Waals surface area (Å²) >= 11 is 0. The summed E-state index contributed by atoms with van der Waals surface area (Å²) in [5.74, 6) is 0.663. The normalized spacial score (nSPS) is 10.4. The number of likely N-dealkylation sites (N-methyl/N-ethyl adjacent to an activating group) is 1. The average molecular weight is 279 g/mol. The molecule has 0 radical (unpaired) electrons. The Morgan fingerprint density at radius 1 is 1.45 bits per heavy atom. The Balaban J connectivity index is 2.72. The van der Waals surface area contributed by atoms with E-state index in [9.17, 15) is 4.79 Å². The molecule has 3 N–H and O–H groups in total. The molecule has 0 aliphatic heterocycles. The number of ether oxygens (including phenoxy) is 1. The first-order valence-corrected chi connectivity index (χ1v) is 6.96. The van der Waals surface area contributed by atoms with E-state index in [0.29, 0.717) is 24.6 Å². The zero-order chi connectivity index (χ0) is 15.1. The smallest absolute Gasteiger partial charge is 0.239 e. The van der Waals surface area contributed by atoms with Crippen LogP contribution in [-0.2, 0) is 4.79 Å². The second kappa shape index (κ2) is 7.62. The molecule has 1 amide bonds. The van der Waals surface area contributed by atoms with E-state index < -0.39 is 0 Å². The summed E-state index contributed by atoms with van der Waals surface area (Å²) in [7, 11) is 1.87. The third-order valence-corrected chi connectivity index (χ3v) is 2.73. The number of nitrogens with two attached hydrogens (primary N) is 1. The standard InChI is InChI=1S/C15H25N3O2/c1-5-8-20-14-9-12(6-7-13(14)16)18(4)10-15(19)17-11(2)3/h6-7,9,11H,5,8,10,16H2,1-4H3,(H,17,19). The van der Waals surface area contributed by atoms with Crippen LogP contribution in [0.15, 0.2) is 18.2 Å². The maximum atomic E-state index is 11.8. The molecular weight excluding hydrogens is 254 g/mol. The van der Waals surface area contributed by atoms with Gasteiger partial charge >= 0.3 is 0 Å². The molecule has 1 aromatic carbocycles. The van der Waals surface area contributed by atoms with Crippen LogP contribution in [0.3, 0.4) is 0 Å². The summed E-state index contributed by atoms with van der Waals surface area (Å²) in [4.78, 5) is 13.6. The largest absolute Gasteiger partial charge is 0.491 e. The second-order valence-corrected chi connectivity index (χ2v) is 5.15. The van der Waals surface area contributed by atoms with E-state index in [0.717, 1.165) is 12.1 Å². The second-order valence-electron chi connectivity index (χ2n) is 5.15. The Kier molecular flexibility index (Phi) is 6.15. The van der Waals surface area contributed by atoms with E-state index in [1.165, 1.54) is 0 Å². The number of rotatable bonds is 7. The van der Waals surface area contributed by atoms with E-state index in [-0.39, 0.29) is 11.9 Å². The van der Waals surface area contributed by atoms with E-state index in [4.69, 9.17) is 10.5 Å². The number of carbonyl (C=O) groups excluding carboxylic acids is 1. The first-order chi connectivity index (χ1) is 9.43. The minimum atomic E-state index is -0.00430. The highest BCUT2D eigenvalue weighted by atomic mass is 16.5. The van der Waals surface area contributed by atoms with Crippen molar-refractivity contribution < 1.29 is 9.53 Å².